The fraction of sp³-hybridized carbons (Fsp3) is 0.462. The van der Waals surface area contributed by atoms with Crippen LogP contribution < -0.4 is 4.74 Å². The maximum absolute atomic E-state index is 11.6. The van der Waals surface area contributed by atoms with E-state index in [0.29, 0.717) is 5.75 Å². The summed E-state index contributed by atoms with van der Waals surface area (Å²) in [5, 5.41) is 0. The van der Waals surface area contributed by atoms with Gasteiger partial charge in [-0.1, -0.05) is 25.1 Å². The maximum Gasteiger partial charge on any atom is 0.347 e. The predicted octanol–water partition coefficient (Wildman–Crippen LogP) is 2.80. The highest BCUT2D eigenvalue weighted by Gasteiger charge is 2.18. The monoisotopic (exact) mass is 222 g/mol. The molecular formula is C13H18O3. The van der Waals surface area contributed by atoms with Crippen LogP contribution >= 0.6 is 0 Å². The lowest BCUT2D eigenvalue weighted by Gasteiger charge is -2.16. The molecule has 0 aromatic heterocycles. The van der Waals surface area contributed by atoms with Crippen molar-refractivity contribution in [3.8, 4) is 5.75 Å². The van der Waals surface area contributed by atoms with Crippen molar-refractivity contribution in [2.24, 2.45) is 0 Å². The van der Waals surface area contributed by atoms with Crippen molar-refractivity contribution in [1.82, 2.24) is 0 Å². The van der Waals surface area contributed by atoms with Crippen LogP contribution in [0.1, 0.15) is 27.2 Å². The van der Waals surface area contributed by atoms with Crippen LogP contribution in [0.5, 0.6) is 5.75 Å². The first-order chi connectivity index (χ1) is 7.63. The number of hydrogen-bond acceptors (Lipinski definition) is 3. The highest BCUT2D eigenvalue weighted by Crippen LogP contribution is 2.12. The summed E-state index contributed by atoms with van der Waals surface area (Å²) in [5.74, 6) is 0.356. The van der Waals surface area contributed by atoms with Crippen molar-refractivity contribution in [3.63, 3.8) is 0 Å². The standard InChI is InChI=1S/C13H18O3/c1-4-10(2)15-13(14)11(3)16-12-8-6-5-7-9-12/h5-11H,4H2,1-3H3. The molecule has 88 valence electrons. The Morgan fingerprint density at radius 2 is 1.88 bits per heavy atom. The van der Waals surface area contributed by atoms with E-state index in [1.165, 1.54) is 0 Å². The largest absolute Gasteiger partial charge is 0.479 e. The smallest absolute Gasteiger partial charge is 0.347 e. The summed E-state index contributed by atoms with van der Waals surface area (Å²) in [6.07, 6.45) is 0.176. The third-order valence-electron chi connectivity index (χ3n) is 2.28. The molecule has 1 aromatic carbocycles. The number of esters is 1. The molecule has 2 unspecified atom stereocenters. The first kappa shape index (κ1) is 12.6. The molecular weight excluding hydrogens is 204 g/mol. The highest BCUT2D eigenvalue weighted by atomic mass is 16.6. The highest BCUT2D eigenvalue weighted by molar-refractivity contribution is 5.74. The summed E-state index contributed by atoms with van der Waals surface area (Å²) in [4.78, 5) is 11.6. The van der Waals surface area contributed by atoms with E-state index in [1.807, 2.05) is 44.2 Å². The number of benzene rings is 1. The molecule has 3 heteroatoms. The van der Waals surface area contributed by atoms with Gasteiger partial charge in [-0.25, -0.2) is 4.79 Å². The van der Waals surface area contributed by atoms with E-state index in [4.69, 9.17) is 9.47 Å². The summed E-state index contributed by atoms with van der Waals surface area (Å²) in [6, 6.07) is 9.25. The van der Waals surface area contributed by atoms with E-state index < -0.39 is 6.10 Å². The molecule has 0 saturated heterocycles. The molecule has 0 aliphatic carbocycles. The van der Waals surface area contributed by atoms with Gasteiger partial charge in [0.15, 0.2) is 6.10 Å². The molecule has 0 bridgehead atoms. The number of para-hydroxylation sites is 1. The molecule has 2 atom stereocenters. The van der Waals surface area contributed by atoms with Crippen LogP contribution in [-0.4, -0.2) is 18.2 Å². The lowest BCUT2D eigenvalue weighted by atomic mass is 10.3. The average Bonchev–Trinajstić information content (AvgIpc) is 2.30. The summed E-state index contributed by atoms with van der Waals surface area (Å²) in [5.41, 5.74) is 0. The van der Waals surface area contributed by atoms with E-state index in [-0.39, 0.29) is 12.1 Å². The quantitative estimate of drug-likeness (QED) is 0.719. The van der Waals surface area contributed by atoms with E-state index >= 15 is 0 Å². The van der Waals surface area contributed by atoms with Crippen LogP contribution in [-0.2, 0) is 9.53 Å². The SMILES string of the molecule is CCC(C)OC(=O)C(C)Oc1ccccc1. The molecule has 3 nitrogen and oxygen atoms in total. The zero-order chi connectivity index (χ0) is 12.0. The molecule has 1 aromatic rings. The first-order valence-corrected chi connectivity index (χ1v) is 5.55. The lowest BCUT2D eigenvalue weighted by Crippen LogP contribution is -2.28. The Hall–Kier alpha value is -1.51. The van der Waals surface area contributed by atoms with E-state index in [9.17, 15) is 4.79 Å². The molecule has 0 fully saturated rings. The van der Waals surface area contributed by atoms with Crippen LogP contribution in [0.4, 0.5) is 0 Å². The number of carbonyl (C=O) groups excluding carboxylic acids is 1. The van der Waals surface area contributed by atoms with Gasteiger partial charge in [-0.3, -0.25) is 0 Å². The molecule has 0 heterocycles. The van der Waals surface area contributed by atoms with Crippen molar-refractivity contribution < 1.29 is 14.3 Å². The van der Waals surface area contributed by atoms with Crippen molar-refractivity contribution in [2.75, 3.05) is 0 Å². The van der Waals surface area contributed by atoms with Gasteiger partial charge in [0.25, 0.3) is 0 Å². The zero-order valence-corrected chi connectivity index (χ0v) is 9.97. The minimum Gasteiger partial charge on any atom is -0.479 e. The van der Waals surface area contributed by atoms with Gasteiger partial charge in [-0.2, -0.15) is 0 Å². The lowest BCUT2D eigenvalue weighted by molar-refractivity contribution is -0.155. The Balaban J connectivity index is 2.46. The Kier molecular flexibility index (Phi) is 4.83. The molecule has 0 amide bonds. The van der Waals surface area contributed by atoms with Gasteiger partial charge in [0.2, 0.25) is 0 Å². The summed E-state index contributed by atoms with van der Waals surface area (Å²) < 4.78 is 10.6. The molecule has 0 saturated carbocycles. The van der Waals surface area contributed by atoms with Crippen molar-refractivity contribution in [3.05, 3.63) is 30.3 Å². The van der Waals surface area contributed by atoms with Gasteiger partial charge in [0.05, 0.1) is 6.10 Å². The van der Waals surface area contributed by atoms with Gasteiger partial charge in [-0.15, -0.1) is 0 Å². The van der Waals surface area contributed by atoms with Crippen LogP contribution in [0.25, 0.3) is 0 Å². The van der Waals surface area contributed by atoms with Gasteiger partial charge >= 0.3 is 5.97 Å². The Morgan fingerprint density at radius 1 is 1.25 bits per heavy atom. The zero-order valence-electron chi connectivity index (χ0n) is 9.97. The van der Waals surface area contributed by atoms with Crippen molar-refractivity contribution >= 4 is 5.97 Å². The second-order valence-electron chi connectivity index (χ2n) is 3.73. The molecule has 0 radical (unpaired) electrons. The summed E-state index contributed by atoms with van der Waals surface area (Å²) in [6.45, 7) is 5.53. The topological polar surface area (TPSA) is 35.5 Å². The Labute approximate surface area is 96.4 Å². The summed E-state index contributed by atoms with van der Waals surface area (Å²) in [7, 11) is 0. The second-order valence-corrected chi connectivity index (χ2v) is 3.73. The normalized spacial score (nSPS) is 13.9. The Morgan fingerprint density at radius 3 is 2.44 bits per heavy atom. The van der Waals surface area contributed by atoms with Crippen LogP contribution in [0.15, 0.2) is 30.3 Å². The summed E-state index contributed by atoms with van der Waals surface area (Å²) >= 11 is 0. The van der Waals surface area contributed by atoms with E-state index in [1.54, 1.807) is 6.92 Å². The molecule has 0 aliphatic rings. The molecule has 0 spiro atoms. The molecule has 16 heavy (non-hydrogen) atoms. The van der Waals surface area contributed by atoms with Crippen LogP contribution in [0.3, 0.4) is 0 Å². The molecule has 0 aliphatic heterocycles. The number of rotatable bonds is 5. The Bertz CT molecular complexity index is 321. The maximum atomic E-state index is 11.6. The molecule has 0 N–H and O–H groups in total. The van der Waals surface area contributed by atoms with Gasteiger partial charge in [-0.05, 0) is 32.4 Å². The van der Waals surface area contributed by atoms with Crippen LogP contribution in [0, 0.1) is 0 Å². The fourth-order valence-corrected chi connectivity index (χ4v) is 1.13. The number of ether oxygens (including phenoxy) is 2. The molecule has 1 rings (SSSR count). The first-order valence-electron chi connectivity index (χ1n) is 5.55. The minimum atomic E-state index is -0.573. The predicted molar refractivity (Wildman–Crippen MR) is 62.4 cm³/mol. The number of carbonyl (C=O) groups is 1. The number of hydrogen-bond donors (Lipinski definition) is 0. The van der Waals surface area contributed by atoms with Crippen molar-refractivity contribution in [2.45, 2.75) is 39.4 Å². The second kappa shape index (κ2) is 6.16. The van der Waals surface area contributed by atoms with E-state index in [0.717, 1.165) is 6.42 Å². The third kappa shape index (κ3) is 3.93. The van der Waals surface area contributed by atoms with Gasteiger partial charge in [0, 0.05) is 0 Å². The van der Waals surface area contributed by atoms with Crippen LogP contribution in [0.2, 0.25) is 0 Å². The fourth-order valence-electron chi connectivity index (χ4n) is 1.13. The van der Waals surface area contributed by atoms with Crippen molar-refractivity contribution in [1.29, 1.82) is 0 Å². The van der Waals surface area contributed by atoms with E-state index in [2.05, 4.69) is 0 Å². The minimum absolute atomic E-state index is 0.0608. The van der Waals surface area contributed by atoms with Gasteiger partial charge < -0.3 is 9.47 Å². The third-order valence-corrected chi connectivity index (χ3v) is 2.28. The average molecular weight is 222 g/mol. The van der Waals surface area contributed by atoms with Gasteiger partial charge in [0.1, 0.15) is 5.75 Å².